The summed E-state index contributed by atoms with van der Waals surface area (Å²) in [6.45, 7) is 7.06. The number of benzene rings is 1. The Kier molecular flexibility index (Phi) is 4.43. The average molecular weight is 276 g/mol. The third-order valence-electron chi connectivity index (χ3n) is 2.81. The Labute approximate surface area is 119 Å². The van der Waals surface area contributed by atoms with Crippen molar-refractivity contribution in [3.63, 3.8) is 0 Å². The number of hydrogen-bond acceptors (Lipinski definition) is 2. The summed E-state index contributed by atoms with van der Waals surface area (Å²) < 4.78 is 8.18. The third-order valence-corrected chi connectivity index (χ3v) is 3.11. The van der Waals surface area contributed by atoms with Gasteiger partial charge in [-0.25, -0.2) is 4.68 Å². The van der Waals surface area contributed by atoms with Crippen molar-refractivity contribution in [1.29, 1.82) is 0 Å². The standard InChI is InChI=1S/C15H20N2OS/c1-4-18-14-7-5-13(6-8-14)17-15(19)10-12(16-17)9-11(2)3/h5-8,10-11,16H,4,9H2,1-3H3. The van der Waals surface area contributed by atoms with E-state index in [9.17, 15) is 0 Å². The Morgan fingerprint density at radius 2 is 1.95 bits per heavy atom. The topological polar surface area (TPSA) is 29.9 Å². The normalized spacial score (nSPS) is 10.9. The zero-order chi connectivity index (χ0) is 13.8. The van der Waals surface area contributed by atoms with Gasteiger partial charge >= 0.3 is 0 Å². The number of H-pyrrole nitrogens is 1. The largest absolute Gasteiger partial charge is 0.494 e. The van der Waals surface area contributed by atoms with Gasteiger partial charge in [0.15, 0.2) is 0 Å². The van der Waals surface area contributed by atoms with Crippen LogP contribution in [0.1, 0.15) is 26.5 Å². The molecule has 0 aliphatic heterocycles. The van der Waals surface area contributed by atoms with Crippen LogP contribution in [0, 0.1) is 10.6 Å². The molecule has 3 nitrogen and oxygen atoms in total. The van der Waals surface area contributed by atoms with Crippen molar-refractivity contribution in [2.45, 2.75) is 27.2 Å². The maximum Gasteiger partial charge on any atom is 0.127 e. The van der Waals surface area contributed by atoms with Crippen molar-refractivity contribution in [1.82, 2.24) is 9.78 Å². The van der Waals surface area contributed by atoms with Gasteiger partial charge in [-0.05, 0) is 49.6 Å². The van der Waals surface area contributed by atoms with Gasteiger partial charge in [-0.2, -0.15) is 0 Å². The van der Waals surface area contributed by atoms with Crippen molar-refractivity contribution in [3.8, 4) is 11.4 Å². The Morgan fingerprint density at radius 3 is 2.53 bits per heavy atom. The van der Waals surface area contributed by atoms with E-state index in [1.807, 2.05) is 41.9 Å². The molecular weight excluding hydrogens is 256 g/mol. The minimum absolute atomic E-state index is 0.613. The Bertz CT molecular complexity index is 581. The second-order valence-electron chi connectivity index (χ2n) is 4.98. The van der Waals surface area contributed by atoms with E-state index < -0.39 is 0 Å². The number of aromatic amines is 1. The number of aromatic nitrogens is 2. The van der Waals surface area contributed by atoms with Crippen LogP contribution in [0.4, 0.5) is 0 Å². The van der Waals surface area contributed by atoms with E-state index in [0.717, 1.165) is 22.5 Å². The summed E-state index contributed by atoms with van der Waals surface area (Å²) >= 11 is 5.39. The first-order valence-corrected chi connectivity index (χ1v) is 7.05. The van der Waals surface area contributed by atoms with Crippen LogP contribution in [0.25, 0.3) is 5.69 Å². The fourth-order valence-electron chi connectivity index (χ4n) is 2.04. The number of rotatable bonds is 5. The van der Waals surface area contributed by atoms with Crippen molar-refractivity contribution < 1.29 is 4.74 Å². The molecule has 1 heterocycles. The van der Waals surface area contributed by atoms with Crippen LogP contribution in [-0.4, -0.2) is 16.4 Å². The summed E-state index contributed by atoms with van der Waals surface area (Å²) in [5.74, 6) is 1.49. The molecule has 1 aromatic carbocycles. The van der Waals surface area contributed by atoms with Crippen molar-refractivity contribution in [2.75, 3.05) is 6.61 Å². The Balaban J connectivity index is 2.26. The summed E-state index contributed by atoms with van der Waals surface area (Å²) in [7, 11) is 0. The first kappa shape index (κ1) is 13.9. The van der Waals surface area contributed by atoms with Crippen LogP contribution < -0.4 is 4.74 Å². The maximum absolute atomic E-state index is 5.44. The molecule has 0 atom stereocenters. The van der Waals surface area contributed by atoms with E-state index in [4.69, 9.17) is 17.0 Å². The average Bonchev–Trinajstić information content (AvgIpc) is 2.71. The zero-order valence-corrected chi connectivity index (χ0v) is 12.5. The van der Waals surface area contributed by atoms with Crippen LogP contribution >= 0.6 is 12.2 Å². The van der Waals surface area contributed by atoms with Gasteiger partial charge in [0.2, 0.25) is 0 Å². The Hall–Kier alpha value is -1.55. The molecule has 0 radical (unpaired) electrons. The highest BCUT2D eigenvalue weighted by molar-refractivity contribution is 7.71. The molecule has 102 valence electrons. The number of hydrogen-bond donors (Lipinski definition) is 1. The highest BCUT2D eigenvalue weighted by Gasteiger charge is 2.05. The summed E-state index contributed by atoms with van der Waals surface area (Å²) in [5.41, 5.74) is 2.21. The van der Waals surface area contributed by atoms with E-state index >= 15 is 0 Å². The lowest BCUT2D eigenvalue weighted by Crippen LogP contribution is -2.00. The zero-order valence-electron chi connectivity index (χ0n) is 11.6. The van der Waals surface area contributed by atoms with Crippen molar-refractivity contribution in [3.05, 3.63) is 40.7 Å². The van der Waals surface area contributed by atoms with Crippen LogP contribution in [-0.2, 0) is 6.42 Å². The maximum atomic E-state index is 5.44. The van der Waals surface area contributed by atoms with Gasteiger partial charge in [-0.15, -0.1) is 0 Å². The fraction of sp³-hybridized carbons (Fsp3) is 0.400. The van der Waals surface area contributed by atoms with E-state index in [2.05, 4.69) is 18.9 Å². The molecule has 19 heavy (non-hydrogen) atoms. The van der Waals surface area contributed by atoms with Crippen LogP contribution in [0.15, 0.2) is 30.3 Å². The Morgan fingerprint density at radius 1 is 1.26 bits per heavy atom. The summed E-state index contributed by atoms with van der Waals surface area (Å²) in [6.07, 6.45) is 1.01. The summed E-state index contributed by atoms with van der Waals surface area (Å²) in [6, 6.07) is 9.98. The molecule has 0 aliphatic rings. The molecule has 0 fully saturated rings. The predicted octanol–water partition coefficient (Wildman–Crippen LogP) is 4.13. The molecule has 0 spiro atoms. The predicted molar refractivity (Wildman–Crippen MR) is 80.7 cm³/mol. The fourth-order valence-corrected chi connectivity index (χ4v) is 2.33. The molecule has 0 amide bonds. The van der Waals surface area contributed by atoms with Crippen molar-refractivity contribution >= 4 is 12.2 Å². The first-order chi connectivity index (χ1) is 9.10. The molecule has 0 unspecified atom stereocenters. The van der Waals surface area contributed by atoms with Gasteiger partial charge in [0, 0.05) is 5.69 Å². The molecule has 2 rings (SSSR count). The highest BCUT2D eigenvalue weighted by atomic mass is 32.1. The number of nitrogens with zero attached hydrogens (tertiary/aromatic N) is 1. The summed E-state index contributed by atoms with van der Waals surface area (Å²) in [5, 5.41) is 3.35. The lowest BCUT2D eigenvalue weighted by atomic mass is 10.1. The van der Waals surface area contributed by atoms with Gasteiger partial charge in [-0.1, -0.05) is 26.1 Å². The smallest absolute Gasteiger partial charge is 0.127 e. The van der Waals surface area contributed by atoms with Gasteiger partial charge < -0.3 is 4.74 Å². The van der Waals surface area contributed by atoms with Gasteiger partial charge in [0.05, 0.1) is 12.3 Å². The van der Waals surface area contributed by atoms with Gasteiger partial charge in [-0.3, -0.25) is 5.10 Å². The van der Waals surface area contributed by atoms with Gasteiger partial charge in [0.1, 0.15) is 10.4 Å². The van der Waals surface area contributed by atoms with Crippen LogP contribution in [0.2, 0.25) is 0 Å². The molecule has 0 aliphatic carbocycles. The molecule has 0 saturated heterocycles. The van der Waals surface area contributed by atoms with E-state index in [0.29, 0.717) is 12.5 Å². The molecule has 2 aromatic rings. The second-order valence-corrected chi connectivity index (χ2v) is 5.40. The van der Waals surface area contributed by atoms with Crippen LogP contribution in [0.5, 0.6) is 5.75 Å². The quantitative estimate of drug-likeness (QED) is 0.832. The van der Waals surface area contributed by atoms with E-state index in [-0.39, 0.29) is 0 Å². The summed E-state index contributed by atoms with van der Waals surface area (Å²) in [4.78, 5) is 0. The SMILES string of the molecule is CCOc1ccc(-n2[nH]c(CC(C)C)cc2=S)cc1. The second kappa shape index (κ2) is 6.06. The molecule has 1 N–H and O–H groups in total. The first-order valence-electron chi connectivity index (χ1n) is 6.64. The van der Waals surface area contributed by atoms with Crippen LogP contribution in [0.3, 0.4) is 0 Å². The monoisotopic (exact) mass is 276 g/mol. The van der Waals surface area contributed by atoms with E-state index in [1.54, 1.807) is 0 Å². The number of nitrogens with one attached hydrogen (secondary N) is 1. The van der Waals surface area contributed by atoms with E-state index in [1.165, 1.54) is 5.69 Å². The molecule has 0 bridgehead atoms. The van der Waals surface area contributed by atoms with Gasteiger partial charge in [0.25, 0.3) is 0 Å². The molecule has 4 heteroatoms. The van der Waals surface area contributed by atoms with Crippen molar-refractivity contribution in [2.24, 2.45) is 5.92 Å². The minimum Gasteiger partial charge on any atom is -0.494 e. The molecular formula is C15H20N2OS. The lowest BCUT2D eigenvalue weighted by Gasteiger charge is -2.06. The third kappa shape index (κ3) is 3.47. The highest BCUT2D eigenvalue weighted by Crippen LogP contribution is 2.16. The molecule has 0 saturated carbocycles. The number of ether oxygens (including phenoxy) is 1. The molecule has 1 aromatic heterocycles. The minimum atomic E-state index is 0.613. The lowest BCUT2D eigenvalue weighted by molar-refractivity contribution is 0.340.